The first-order valence-electron chi connectivity index (χ1n) is 6.61. The summed E-state index contributed by atoms with van der Waals surface area (Å²) in [6.45, 7) is 9.33. The van der Waals surface area contributed by atoms with Crippen molar-refractivity contribution in [2.24, 2.45) is 0 Å². The highest BCUT2D eigenvalue weighted by Gasteiger charge is 2.15. The number of pyridine rings is 1. The summed E-state index contributed by atoms with van der Waals surface area (Å²) in [5.74, 6) is 0.456. The Labute approximate surface area is 119 Å². The lowest BCUT2D eigenvalue weighted by atomic mass is 10.1. The fourth-order valence-corrected chi connectivity index (χ4v) is 3.40. The van der Waals surface area contributed by atoms with Gasteiger partial charge in [0.15, 0.2) is 0 Å². The van der Waals surface area contributed by atoms with Crippen LogP contribution in [0.5, 0.6) is 0 Å². The molecule has 0 spiro atoms. The first kappa shape index (κ1) is 14.2. The summed E-state index contributed by atoms with van der Waals surface area (Å²) in [7, 11) is 1.98. The minimum atomic E-state index is 0.456. The zero-order chi connectivity index (χ0) is 14.0. The van der Waals surface area contributed by atoms with Crippen molar-refractivity contribution in [3.05, 3.63) is 34.1 Å². The van der Waals surface area contributed by atoms with Crippen LogP contribution >= 0.6 is 11.3 Å². The van der Waals surface area contributed by atoms with Gasteiger partial charge in [-0.3, -0.25) is 4.98 Å². The molecule has 0 saturated heterocycles. The second kappa shape index (κ2) is 5.80. The quantitative estimate of drug-likeness (QED) is 0.925. The van der Waals surface area contributed by atoms with Crippen LogP contribution in [-0.2, 0) is 6.54 Å². The predicted octanol–water partition coefficient (Wildman–Crippen LogP) is 3.66. The van der Waals surface area contributed by atoms with Gasteiger partial charge in [-0.05, 0) is 38.9 Å². The lowest BCUT2D eigenvalue weighted by Crippen LogP contribution is -2.06. The summed E-state index contributed by atoms with van der Waals surface area (Å²) in [5, 5.41) is 4.32. The van der Waals surface area contributed by atoms with E-state index in [1.807, 2.05) is 20.9 Å². The van der Waals surface area contributed by atoms with Gasteiger partial charge in [-0.1, -0.05) is 13.8 Å². The van der Waals surface area contributed by atoms with Crippen LogP contribution in [0.4, 0.5) is 0 Å². The van der Waals surface area contributed by atoms with Crippen LogP contribution in [0.15, 0.2) is 12.1 Å². The summed E-state index contributed by atoms with van der Waals surface area (Å²) in [6.07, 6.45) is 0. The third-order valence-electron chi connectivity index (χ3n) is 2.94. The van der Waals surface area contributed by atoms with Crippen molar-refractivity contribution in [3.8, 4) is 10.6 Å². The molecule has 0 radical (unpaired) electrons. The summed E-state index contributed by atoms with van der Waals surface area (Å²) < 4.78 is 0. The standard InChI is InChI=1S/C15H21N3S/c1-9(2)14-13(8-16-5)19-15(18-14)12-6-10(3)17-11(4)7-12/h6-7,9,16H,8H2,1-5H3. The number of nitrogens with one attached hydrogen (secondary N) is 1. The van der Waals surface area contributed by atoms with E-state index in [1.54, 1.807) is 11.3 Å². The summed E-state index contributed by atoms with van der Waals surface area (Å²) in [6, 6.07) is 4.22. The summed E-state index contributed by atoms with van der Waals surface area (Å²) in [4.78, 5) is 10.6. The van der Waals surface area contributed by atoms with Gasteiger partial charge in [0.05, 0.1) is 5.69 Å². The van der Waals surface area contributed by atoms with Gasteiger partial charge < -0.3 is 5.32 Å². The monoisotopic (exact) mass is 275 g/mol. The molecule has 0 aliphatic carbocycles. The van der Waals surface area contributed by atoms with Crippen LogP contribution in [0.25, 0.3) is 10.6 Å². The van der Waals surface area contributed by atoms with Crippen molar-refractivity contribution in [3.63, 3.8) is 0 Å². The normalized spacial score (nSPS) is 11.3. The maximum atomic E-state index is 4.83. The molecular weight excluding hydrogens is 254 g/mol. The maximum absolute atomic E-state index is 4.83. The Hall–Kier alpha value is -1.26. The molecule has 0 atom stereocenters. The summed E-state index contributed by atoms with van der Waals surface area (Å²) in [5.41, 5.74) is 4.48. The average molecular weight is 275 g/mol. The van der Waals surface area contributed by atoms with E-state index in [-0.39, 0.29) is 0 Å². The molecule has 0 fully saturated rings. The van der Waals surface area contributed by atoms with E-state index >= 15 is 0 Å². The van der Waals surface area contributed by atoms with Crippen molar-refractivity contribution in [1.29, 1.82) is 0 Å². The molecule has 2 aromatic rings. The summed E-state index contributed by atoms with van der Waals surface area (Å²) >= 11 is 1.78. The molecule has 0 bridgehead atoms. The van der Waals surface area contributed by atoms with E-state index in [9.17, 15) is 0 Å². The number of aromatic nitrogens is 2. The zero-order valence-electron chi connectivity index (χ0n) is 12.2. The Balaban J connectivity index is 2.47. The van der Waals surface area contributed by atoms with Gasteiger partial charge in [0.1, 0.15) is 5.01 Å². The molecule has 0 amide bonds. The lowest BCUT2D eigenvalue weighted by molar-refractivity contribution is 0.771. The number of thiazole rings is 1. The van der Waals surface area contributed by atoms with Crippen molar-refractivity contribution >= 4 is 11.3 Å². The number of hydrogen-bond acceptors (Lipinski definition) is 4. The van der Waals surface area contributed by atoms with E-state index < -0.39 is 0 Å². The average Bonchev–Trinajstić information content (AvgIpc) is 2.72. The van der Waals surface area contributed by atoms with E-state index in [2.05, 4.69) is 36.3 Å². The van der Waals surface area contributed by atoms with Crippen molar-refractivity contribution in [2.45, 2.75) is 40.2 Å². The second-order valence-corrected chi connectivity index (χ2v) is 6.23. The molecular formula is C15H21N3S. The van der Waals surface area contributed by atoms with Crippen molar-refractivity contribution < 1.29 is 0 Å². The van der Waals surface area contributed by atoms with Crippen LogP contribution in [0, 0.1) is 13.8 Å². The zero-order valence-corrected chi connectivity index (χ0v) is 13.1. The Morgan fingerprint density at radius 1 is 1.16 bits per heavy atom. The lowest BCUT2D eigenvalue weighted by Gasteiger charge is -2.03. The third-order valence-corrected chi connectivity index (χ3v) is 4.06. The van der Waals surface area contributed by atoms with E-state index in [1.165, 1.54) is 16.1 Å². The number of rotatable bonds is 4. The Morgan fingerprint density at radius 2 is 1.79 bits per heavy atom. The highest BCUT2D eigenvalue weighted by molar-refractivity contribution is 7.15. The topological polar surface area (TPSA) is 37.8 Å². The third kappa shape index (κ3) is 3.19. The van der Waals surface area contributed by atoms with Gasteiger partial charge in [-0.2, -0.15) is 0 Å². The smallest absolute Gasteiger partial charge is 0.124 e. The van der Waals surface area contributed by atoms with E-state index in [0.29, 0.717) is 5.92 Å². The van der Waals surface area contributed by atoms with Crippen molar-refractivity contribution in [2.75, 3.05) is 7.05 Å². The first-order valence-corrected chi connectivity index (χ1v) is 7.42. The van der Waals surface area contributed by atoms with Crippen LogP contribution in [0.2, 0.25) is 0 Å². The second-order valence-electron chi connectivity index (χ2n) is 5.15. The number of aryl methyl sites for hydroxylation is 2. The van der Waals surface area contributed by atoms with Gasteiger partial charge in [-0.15, -0.1) is 11.3 Å². The molecule has 0 aliphatic heterocycles. The SMILES string of the molecule is CNCc1sc(-c2cc(C)nc(C)c2)nc1C(C)C. The highest BCUT2D eigenvalue weighted by atomic mass is 32.1. The minimum Gasteiger partial charge on any atom is -0.315 e. The molecule has 19 heavy (non-hydrogen) atoms. The highest BCUT2D eigenvalue weighted by Crippen LogP contribution is 2.32. The Morgan fingerprint density at radius 3 is 2.32 bits per heavy atom. The Bertz CT molecular complexity index is 553. The van der Waals surface area contributed by atoms with E-state index in [4.69, 9.17) is 4.98 Å². The molecule has 102 valence electrons. The number of nitrogens with zero attached hydrogens (tertiary/aromatic N) is 2. The molecule has 2 aromatic heterocycles. The van der Waals surface area contributed by atoms with Crippen LogP contribution in [0.1, 0.15) is 41.7 Å². The maximum Gasteiger partial charge on any atom is 0.124 e. The fraction of sp³-hybridized carbons (Fsp3) is 0.467. The molecule has 3 nitrogen and oxygen atoms in total. The molecule has 0 aliphatic rings. The van der Waals surface area contributed by atoms with Gasteiger partial charge in [0.25, 0.3) is 0 Å². The van der Waals surface area contributed by atoms with Gasteiger partial charge in [0, 0.05) is 28.4 Å². The molecule has 2 heterocycles. The van der Waals surface area contributed by atoms with Gasteiger partial charge in [-0.25, -0.2) is 4.98 Å². The van der Waals surface area contributed by atoms with Gasteiger partial charge in [0.2, 0.25) is 0 Å². The molecule has 0 aromatic carbocycles. The largest absolute Gasteiger partial charge is 0.315 e. The molecule has 0 saturated carbocycles. The molecule has 0 unspecified atom stereocenters. The fourth-order valence-electron chi connectivity index (χ4n) is 2.18. The minimum absolute atomic E-state index is 0.456. The Kier molecular flexibility index (Phi) is 4.32. The predicted molar refractivity (Wildman–Crippen MR) is 81.7 cm³/mol. The van der Waals surface area contributed by atoms with Crippen LogP contribution in [0.3, 0.4) is 0 Å². The van der Waals surface area contributed by atoms with E-state index in [0.717, 1.165) is 22.9 Å². The van der Waals surface area contributed by atoms with Gasteiger partial charge >= 0.3 is 0 Å². The molecule has 4 heteroatoms. The number of hydrogen-bond donors (Lipinski definition) is 1. The molecule has 2 rings (SSSR count). The van der Waals surface area contributed by atoms with Crippen LogP contribution in [-0.4, -0.2) is 17.0 Å². The van der Waals surface area contributed by atoms with Crippen molar-refractivity contribution in [1.82, 2.24) is 15.3 Å². The van der Waals surface area contributed by atoms with Crippen LogP contribution < -0.4 is 5.32 Å². The first-order chi connectivity index (χ1) is 9.01. The molecule has 1 N–H and O–H groups in total.